The first-order chi connectivity index (χ1) is 14.5. The lowest BCUT2D eigenvalue weighted by Gasteiger charge is -2.05. The maximum Gasteiger partial charge on any atom is 0.307 e. The zero-order chi connectivity index (χ0) is 21.1. The van der Waals surface area contributed by atoms with Gasteiger partial charge in [0.05, 0.1) is 15.5 Å². The van der Waals surface area contributed by atoms with Crippen molar-refractivity contribution >= 4 is 28.9 Å². The Bertz CT molecular complexity index is 1220. The van der Waals surface area contributed by atoms with Crippen LogP contribution in [0.1, 0.15) is 0 Å². The SMILES string of the molecule is O=C(Cn1cc([N+](=O)[O-])cn1)Nc1ccc(-c2noc(-c3ccccc3Cl)n2)cc1. The van der Waals surface area contributed by atoms with Crippen LogP contribution in [0.15, 0.2) is 65.4 Å². The minimum absolute atomic E-state index is 0.151. The maximum absolute atomic E-state index is 12.1. The normalized spacial score (nSPS) is 10.7. The summed E-state index contributed by atoms with van der Waals surface area (Å²) >= 11 is 6.15. The monoisotopic (exact) mass is 424 g/mol. The lowest BCUT2D eigenvalue weighted by Crippen LogP contribution is -2.18. The van der Waals surface area contributed by atoms with Crippen LogP contribution in [0.4, 0.5) is 11.4 Å². The van der Waals surface area contributed by atoms with Gasteiger partial charge in [0.25, 0.3) is 5.89 Å². The van der Waals surface area contributed by atoms with E-state index in [1.165, 1.54) is 10.9 Å². The second kappa shape index (κ2) is 8.13. The van der Waals surface area contributed by atoms with Gasteiger partial charge in [-0.15, -0.1) is 0 Å². The summed E-state index contributed by atoms with van der Waals surface area (Å²) < 4.78 is 6.48. The van der Waals surface area contributed by atoms with Gasteiger partial charge in [0.2, 0.25) is 11.7 Å². The largest absolute Gasteiger partial charge is 0.334 e. The number of hydrogen-bond acceptors (Lipinski definition) is 7. The molecule has 4 aromatic rings. The third-order valence-corrected chi connectivity index (χ3v) is 4.42. The Labute approximate surface area is 174 Å². The molecule has 4 rings (SSSR count). The molecule has 30 heavy (non-hydrogen) atoms. The minimum atomic E-state index is -0.574. The molecule has 11 heteroatoms. The number of carbonyl (C=O) groups is 1. The number of rotatable bonds is 6. The van der Waals surface area contributed by atoms with E-state index in [4.69, 9.17) is 16.1 Å². The van der Waals surface area contributed by atoms with E-state index in [1.54, 1.807) is 36.4 Å². The van der Waals surface area contributed by atoms with Gasteiger partial charge < -0.3 is 9.84 Å². The highest BCUT2D eigenvalue weighted by Crippen LogP contribution is 2.28. The Morgan fingerprint density at radius 3 is 2.67 bits per heavy atom. The molecule has 0 unspecified atom stereocenters. The molecule has 0 aliphatic carbocycles. The fourth-order valence-corrected chi connectivity index (χ4v) is 2.89. The molecule has 0 atom stereocenters. The molecule has 0 saturated heterocycles. The van der Waals surface area contributed by atoms with Crippen molar-refractivity contribution in [3.63, 3.8) is 0 Å². The van der Waals surface area contributed by atoms with Gasteiger partial charge in [-0.05, 0) is 36.4 Å². The summed E-state index contributed by atoms with van der Waals surface area (Å²) in [5.74, 6) is 0.314. The van der Waals surface area contributed by atoms with Crippen molar-refractivity contribution in [3.05, 3.63) is 76.1 Å². The van der Waals surface area contributed by atoms with Crippen LogP contribution in [0.2, 0.25) is 5.02 Å². The molecule has 150 valence electrons. The first-order valence-corrected chi connectivity index (χ1v) is 9.03. The van der Waals surface area contributed by atoms with E-state index in [1.807, 2.05) is 12.1 Å². The lowest BCUT2D eigenvalue weighted by molar-refractivity contribution is -0.385. The molecular formula is C19H13ClN6O4. The summed E-state index contributed by atoms with van der Waals surface area (Å²) in [7, 11) is 0. The highest BCUT2D eigenvalue weighted by Gasteiger charge is 2.14. The van der Waals surface area contributed by atoms with Gasteiger partial charge in [-0.25, -0.2) is 0 Å². The Morgan fingerprint density at radius 1 is 1.20 bits per heavy atom. The molecule has 0 saturated carbocycles. The number of carbonyl (C=O) groups excluding carboxylic acids is 1. The first kappa shape index (κ1) is 19.3. The van der Waals surface area contributed by atoms with E-state index in [-0.39, 0.29) is 18.1 Å². The van der Waals surface area contributed by atoms with Gasteiger partial charge in [-0.1, -0.05) is 28.9 Å². The minimum Gasteiger partial charge on any atom is -0.334 e. The molecule has 10 nitrogen and oxygen atoms in total. The lowest BCUT2D eigenvalue weighted by atomic mass is 10.2. The predicted octanol–water partition coefficient (Wildman–Crippen LogP) is 3.80. The van der Waals surface area contributed by atoms with Gasteiger partial charge in [0.1, 0.15) is 18.9 Å². The number of benzene rings is 2. The summed E-state index contributed by atoms with van der Waals surface area (Å²) in [5, 5.41) is 21.6. The molecule has 0 spiro atoms. The fraction of sp³-hybridized carbons (Fsp3) is 0.0526. The van der Waals surface area contributed by atoms with Gasteiger partial charge in [-0.2, -0.15) is 10.1 Å². The maximum atomic E-state index is 12.1. The van der Waals surface area contributed by atoms with Crippen LogP contribution in [0.5, 0.6) is 0 Å². The standard InChI is InChI=1S/C19H13ClN6O4/c20-16-4-2-1-3-15(16)19-23-18(24-30-19)12-5-7-13(8-6-12)22-17(27)11-25-10-14(9-21-25)26(28)29/h1-10H,11H2,(H,22,27). The van der Waals surface area contributed by atoms with E-state index >= 15 is 0 Å². The molecule has 2 aromatic heterocycles. The number of nitro groups is 1. The highest BCUT2D eigenvalue weighted by molar-refractivity contribution is 6.33. The molecule has 2 heterocycles. The summed E-state index contributed by atoms with van der Waals surface area (Å²) in [4.78, 5) is 26.6. The van der Waals surface area contributed by atoms with Gasteiger partial charge in [-0.3, -0.25) is 19.6 Å². The van der Waals surface area contributed by atoms with Crippen LogP contribution >= 0.6 is 11.6 Å². The molecule has 0 aliphatic heterocycles. The number of nitrogens with zero attached hydrogens (tertiary/aromatic N) is 5. The summed E-state index contributed by atoms with van der Waals surface area (Å²) in [6.45, 7) is -0.151. The van der Waals surface area contributed by atoms with E-state index in [2.05, 4.69) is 20.6 Å². The second-order valence-electron chi connectivity index (χ2n) is 6.18. The molecule has 0 radical (unpaired) electrons. The van der Waals surface area contributed by atoms with Gasteiger partial charge in [0.15, 0.2) is 0 Å². The Balaban J connectivity index is 1.42. The zero-order valence-corrected chi connectivity index (χ0v) is 16.0. The van der Waals surface area contributed by atoms with Crippen molar-refractivity contribution in [2.45, 2.75) is 6.54 Å². The van der Waals surface area contributed by atoms with Crippen LogP contribution < -0.4 is 5.32 Å². The third kappa shape index (κ3) is 4.18. The molecule has 1 N–H and O–H groups in total. The van der Waals surface area contributed by atoms with E-state index in [9.17, 15) is 14.9 Å². The molecular weight excluding hydrogens is 412 g/mol. The molecule has 2 aromatic carbocycles. The quantitative estimate of drug-likeness (QED) is 0.368. The van der Waals surface area contributed by atoms with Crippen molar-refractivity contribution in [1.82, 2.24) is 19.9 Å². The molecule has 1 amide bonds. The van der Waals surface area contributed by atoms with Crippen LogP contribution in [-0.2, 0) is 11.3 Å². The fourth-order valence-electron chi connectivity index (χ4n) is 2.67. The number of anilines is 1. The second-order valence-corrected chi connectivity index (χ2v) is 6.59. The smallest absolute Gasteiger partial charge is 0.307 e. The molecule has 0 aliphatic rings. The topological polar surface area (TPSA) is 129 Å². The van der Waals surface area contributed by atoms with Crippen LogP contribution in [0.25, 0.3) is 22.8 Å². The van der Waals surface area contributed by atoms with Crippen molar-refractivity contribution in [2.24, 2.45) is 0 Å². The average molecular weight is 425 g/mol. The predicted molar refractivity (Wildman–Crippen MR) is 108 cm³/mol. The van der Waals surface area contributed by atoms with Crippen molar-refractivity contribution in [1.29, 1.82) is 0 Å². The molecule has 0 bridgehead atoms. The van der Waals surface area contributed by atoms with Crippen LogP contribution in [0, 0.1) is 10.1 Å². The Morgan fingerprint density at radius 2 is 1.97 bits per heavy atom. The number of amides is 1. The number of halogens is 1. The van der Waals surface area contributed by atoms with Gasteiger partial charge >= 0.3 is 5.69 Å². The Hall–Kier alpha value is -4.05. The third-order valence-electron chi connectivity index (χ3n) is 4.09. The van der Waals surface area contributed by atoms with Crippen molar-refractivity contribution in [3.8, 4) is 22.8 Å². The average Bonchev–Trinajstić information content (AvgIpc) is 3.39. The van der Waals surface area contributed by atoms with E-state index < -0.39 is 4.92 Å². The van der Waals surface area contributed by atoms with Crippen molar-refractivity contribution in [2.75, 3.05) is 5.32 Å². The summed E-state index contributed by atoms with van der Waals surface area (Å²) in [6, 6.07) is 14.0. The zero-order valence-electron chi connectivity index (χ0n) is 15.2. The van der Waals surface area contributed by atoms with Crippen LogP contribution in [0.3, 0.4) is 0 Å². The number of hydrogen-bond donors (Lipinski definition) is 1. The first-order valence-electron chi connectivity index (χ1n) is 8.65. The van der Waals surface area contributed by atoms with Crippen molar-refractivity contribution < 1.29 is 14.2 Å². The van der Waals surface area contributed by atoms with E-state index in [0.717, 1.165) is 6.20 Å². The van der Waals surface area contributed by atoms with E-state index in [0.29, 0.717) is 33.6 Å². The Kier molecular flexibility index (Phi) is 5.22. The summed E-state index contributed by atoms with van der Waals surface area (Å²) in [6.07, 6.45) is 2.28. The summed E-state index contributed by atoms with van der Waals surface area (Å²) in [5.41, 5.74) is 1.70. The molecule has 0 fully saturated rings. The van der Waals surface area contributed by atoms with Crippen LogP contribution in [-0.4, -0.2) is 30.8 Å². The number of aromatic nitrogens is 4. The highest BCUT2D eigenvalue weighted by atomic mass is 35.5. The van der Waals surface area contributed by atoms with Gasteiger partial charge in [0, 0.05) is 11.3 Å². The number of nitrogens with one attached hydrogen (secondary N) is 1.